The molecule has 0 saturated heterocycles. The highest BCUT2D eigenvalue weighted by Crippen LogP contribution is 2.27. The standard InChI is InChI=1S/C17H21NO3/c1-12-10-14(18)11-13(2)17(12)21-9-8-20-16-7-5-4-6-15(16)19-3/h4-7,10-11H,8-9,18H2,1-3H3. The molecule has 0 saturated carbocycles. The fraction of sp³-hybridized carbons (Fsp3) is 0.294. The number of nitrogen functional groups attached to an aromatic ring is 1. The molecular formula is C17H21NO3. The van der Waals surface area contributed by atoms with Crippen molar-refractivity contribution in [1.82, 2.24) is 0 Å². The molecule has 112 valence electrons. The minimum absolute atomic E-state index is 0.448. The van der Waals surface area contributed by atoms with Crippen molar-refractivity contribution in [3.8, 4) is 17.2 Å². The van der Waals surface area contributed by atoms with Crippen molar-refractivity contribution in [2.75, 3.05) is 26.1 Å². The number of hydrogen-bond acceptors (Lipinski definition) is 4. The SMILES string of the molecule is COc1ccccc1OCCOc1c(C)cc(N)cc1C. The molecule has 0 aliphatic carbocycles. The number of hydrogen-bond donors (Lipinski definition) is 1. The second kappa shape index (κ2) is 6.88. The summed E-state index contributed by atoms with van der Waals surface area (Å²) in [6.07, 6.45) is 0. The molecule has 4 nitrogen and oxygen atoms in total. The maximum absolute atomic E-state index is 5.80. The molecule has 0 unspecified atom stereocenters. The van der Waals surface area contributed by atoms with E-state index in [0.717, 1.165) is 28.3 Å². The molecule has 2 aromatic rings. The fourth-order valence-corrected chi connectivity index (χ4v) is 2.24. The van der Waals surface area contributed by atoms with E-state index in [1.807, 2.05) is 50.2 Å². The van der Waals surface area contributed by atoms with Gasteiger partial charge in [-0.05, 0) is 49.2 Å². The molecule has 0 amide bonds. The van der Waals surface area contributed by atoms with Crippen molar-refractivity contribution in [3.05, 3.63) is 47.5 Å². The molecular weight excluding hydrogens is 266 g/mol. The number of para-hydroxylation sites is 2. The maximum atomic E-state index is 5.80. The van der Waals surface area contributed by atoms with Gasteiger partial charge in [0.2, 0.25) is 0 Å². The molecule has 2 aromatic carbocycles. The van der Waals surface area contributed by atoms with E-state index in [0.29, 0.717) is 19.0 Å². The summed E-state index contributed by atoms with van der Waals surface area (Å²) in [5.74, 6) is 2.31. The van der Waals surface area contributed by atoms with Crippen molar-refractivity contribution in [1.29, 1.82) is 0 Å². The third kappa shape index (κ3) is 3.81. The first-order valence-corrected chi connectivity index (χ1v) is 6.87. The van der Waals surface area contributed by atoms with Crippen LogP contribution in [0.2, 0.25) is 0 Å². The molecule has 0 bridgehead atoms. The van der Waals surface area contributed by atoms with Gasteiger partial charge in [0.1, 0.15) is 19.0 Å². The average molecular weight is 287 g/mol. The number of rotatable bonds is 6. The lowest BCUT2D eigenvalue weighted by molar-refractivity contribution is 0.210. The largest absolute Gasteiger partial charge is 0.493 e. The van der Waals surface area contributed by atoms with E-state index in [9.17, 15) is 0 Å². The fourth-order valence-electron chi connectivity index (χ4n) is 2.24. The number of nitrogens with two attached hydrogens (primary N) is 1. The second-order valence-electron chi connectivity index (χ2n) is 4.83. The highest BCUT2D eigenvalue weighted by Gasteiger charge is 2.06. The third-order valence-electron chi connectivity index (χ3n) is 3.14. The third-order valence-corrected chi connectivity index (χ3v) is 3.14. The quantitative estimate of drug-likeness (QED) is 0.654. The topological polar surface area (TPSA) is 53.7 Å². The molecule has 2 N–H and O–H groups in total. The number of methoxy groups -OCH3 is 1. The Labute approximate surface area is 125 Å². The summed E-state index contributed by atoms with van der Waals surface area (Å²) >= 11 is 0. The molecule has 0 spiro atoms. The number of ether oxygens (including phenoxy) is 3. The summed E-state index contributed by atoms with van der Waals surface area (Å²) in [6, 6.07) is 11.4. The predicted molar refractivity (Wildman–Crippen MR) is 84.3 cm³/mol. The first-order valence-electron chi connectivity index (χ1n) is 6.87. The molecule has 21 heavy (non-hydrogen) atoms. The first kappa shape index (κ1) is 15.0. The number of anilines is 1. The van der Waals surface area contributed by atoms with E-state index in [2.05, 4.69) is 0 Å². The molecule has 0 aliphatic heterocycles. The zero-order valence-electron chi connectivity index (χ0n) is 12.7. The van der Waals surface area contributed by atoms with E-state index in [1.165, 1.54) is 0 Å². The van der Waals surface area contributed by atoms with Crippen LogP contribution in [-0.4, -0.2) is 20.3 Å². The Morgan fingerprint density at radius 1 is 0.905 bits per heavy atom. The van der Waals surface area contributed by atoms with Crippen LogP contribution in [0.5, 0.6) is 17.2 Å². The van der Waals surface area contributed by atoms with E-state index in [4.69, 9.17) is 19.9 Å². The predicted octanol–water partition coefficient (Wildman–Crippen LogP) is 3.35. The van der Waals surface area contributed by atoms with Gasteiger partial charge in [0.15, 0.2) is 11.5 Å². The Balaban J connectivity index is 1.91. The molecule has 0 aliphatic rings. The summed E-state index contributed by atoms with van der Waals surface area (Å²) in [5.41, 5.74) is 8.61. The van der Waals surface area contributed by atoms with Crippen LogP contribution in [0.25, 0.3) is 0 Å². The van der Waals surface area contributed by atoms with Gasteiger partial charge in [-0.1, -0.05) is 12.1 Å². The minimum Gasteiger partial charge on any atom is -0.493 e. The lowest BCUT2D eigenvalue weighted by atomic mass is 10.1. The summed E-state index contributed by atoms with van der Waals surface area (Å²) in [5, 5.41) is 0. The minimum atomic E-state index is 0.448. The van der Waals surface area contributed by atoms with E-state index >= 15 is 0 Å². The number of aryl methyl sites for hydroxylation is 2. The number of benzene rings is 2. The Hall–Kier alpha value is -2.36. The molecule has 4 heteroatoms. The average Bonchev–Trinajstić information content (AvgIpc) is 2.45. The van der Waals surface area contributed by atoms with Gasteiger partial charge in [0, 0.05) is 5.69 Å². The van der Waals surface area contributed by atoms with Gasteiger partial charge in [-0.15, -0.1) is 0 Å². The van der Waals surface area contributed by atoms with Crippen LogP contribution in [0.4, 0.5) is 5.69 Å². The van der Waals surface area contributed by atoms with Crippen LogP contribution in [0.15, 0.2) is 36.4 Å². The van der Waals surface area contributed by atoms with Crippen molar-refractivity contribution < 1.29 is 14.2 Å². The van der Waals surface area contributed by atoms with Gasteiger partial charge in [0.05, 0.1) is 7.11 Å². The van der Waals surface area contributed by atoms with Crippen molar-refractivity contribution in [2.45, 2.75) is 13.8 Å². The first-order chi connectivity index (χ1) is 10.1. The highest BCUT2D eigenvalue weighted by atomic mass is 16.5. The van der Waals surface area contributed by atoms with E-state index in [-0.39, 0.29) is 0 Å². The van der Waals surface area contributed by atoms with Crippen LogP contribution >= 0.6 is 0 Å². The van der Waals surface area contributed by atoms with E-state index < -0.39 is 0 Å². The Morgan fingerprint density at radius 3 is 2.10 bits per heavy atom. The van der Waals surface area contributed by atoms with Gasteiger partial charge < -0.3 is 19.9 Å². The Kier molecular flexibility index (Phi) is 4.93. The van der Waals surface area contributed by atoms with Gasteiger partial charge in [-0.2, -0.15) is 0 Å². The normalized spacial score (nSPS) is 10.2. The van der Waals surface area contributed by atoms with Gasteiger partial charge in [-0.3, -0.25) is 0 Å². The maximum Gasteiger partial charge on any atom is 0.161 e. The van der Waals surface area contributed by atoms with Crippen LogP contribution < -0.4 is 19.9 Å². The van der Waals surface area contributed by atoms with Gasteiger partial charge in [0.25, 0.3) is 0 Å². The zero-order valence-corrected chi connectivity index (χ0v) is 12.7. The second-order valence-corrected chi connectivity index (χ2v) is 4.83. The van der Waals surface area contributed by atoms with Gasteiger partial charge in [-0.25, -0.2) is 0 Å². The highest BCUT2D eigenvalue weighted by molar-refractivity contribution is 5.52. The van der Waals surface area contributed by atoms with Crippen LogP contribution in [0.3, 0.4) is 0 Å². The van der Waals surface area contributed by atoms with Crippen LogP contribution in [0.1, 0.15) is 11.1 Å². The van der Waals surface area contributed by atoms with Crippen LogP contribution in [0, 0.1) is 13.8 Å². The molecule has 0 radical (unpaired) electrons. The smallest absolute Gasteiger partial charge is 0.161 e. The lowest BCUT2D eigenvalue weighted by Crippen LogP contribution is -2.11. The lowest BCUT2D eigenvalue weighted by Gasteiger charge is -2.14. The summed E-state index contributed by atoms with van der Waals surface area (Å²) in [4.78, 5) is 0. The van der Waals surface area contributed by atoms with E-state index in [1.54, 1.807) is 7.11 Å². The summed E-state index contributed by atoms with van der Waals surface area (Å²) in [7, 11) is 1.62. The molecule has 0 aromatic heterocycles. The molecule has 2 rings (SSSR count). The zero-order chi connectivity index (χ0) is 15.2. The summed E-state index contributed by atoms with van der Waals surface area (Å²) < 4.78 is 16.7. The van der Waals surface area contributed by atoms with Crippen molar-refractivity contribution in [2.24, 2.45) is 0 Å². The van der Waals surface area contributed by atoms with Crippen molar-refractivity contribution in [3.63, 3.8) is 0 Å². The molecule has 0 heterocycles. The summed E-state index contributed by atoms with van der Waals surface area (Å²) in [6.45, 7) is 4.88. The van der Waals surface area contributed by atoms with Gasteiger partial charge >= 0.3 is 0 Å². The Morgan fingerprint density at radius 2 is 1.48 bits per heavy atom. The molecule has 0 fully saturated rings. The molecule has 0 atom stereocenters. The van der Waals surface area contributed by atoms with Crippen LogP contribution in [-0.2, 0) is 0 Å². The Bertz CT molecular complexity index is 588. The van der Waals surface area contributed by atoms with Crippen molar-refractivity contribution >= 4 is 5.69 Å². The monoisotopic (exact) mass is 287 g/mol.